The fraction of sp³-hybridized carbons (Fsp3) is 0.643. The highest BCUT2D eigenvalue weighted by Crippen LogP contribution is 2.31. The second-order valence-corrected chi connectivity index (χ2v) is 7.08. The average Bonchev–Trinajstić information content (AvgIpc) is 3.17. The predicted molar refractivity (Wildman–Crippen MR) is 85.1 cm³/mol. The minimum absolute atomic E-state index is 0.151. The highest BCUT2D eigenvalue weighted by Gasteiger charge is 2.24. The average molecular weight is 336 g/mol. The molecule has 0 aromatic carbocycles. The van der Waals surface area contributed by atoms with Gasteiger partial charge in [0.2, 0.25) is 11.1 Å². The van der Waals surface area contributed by atoms with Crippen molar-refractivity contribution in [3.63, 3.8) is 0 Å². The van der Waals surface area contributed by atoms with E-state index in [-0.39, 0.29) is 11.2 Å². The van der Waals surface area contributed by atoms with Crippen molar-refractivity contribution in [1.29, 1.82) is 0 Å². The van der Waals surface area contributed by atoms with E-state index in [2.05, 4.69) is 26.0 Å². The van der Waals surface area contributed by atoms with E-state index in [9.17, 15) is 4.79 Å². The molecule has 0 radical (unpaired) electrons. The van der Waals surface area contributed by atoms with Gasteiger partial charge in [-0.05, 0) is 37.1 Å². The zero-order valence-corrected chi connectivity index (χ0v) is 14.0. The van der Waals surface area contributed by atoms with Crippen LogP contribution in [0, 0.1) is 6.92 Å². The summed E-state index contributed by atoms with van der Waals surface area (Å²) >= 11 is 1.36. The Kier molecular flexibility index (Phi) is 4.94. The number of thioether (sulfide) groups is 1. The van der Waals surface area contributed by atoms with Crippen LogP contribution in [0.5, 0.6) is 0 Å². The van der Waals surface area contributed by atoms with Crippen molar-refractivity contribution in [3.05, 3.63) is 11.8 Å². The molecule has 0 spiro atoms. The molecule has 124 valence electrons. The molecule has 2 heterocycles. The lowest BCUT2D eigenvalue weighted by atomic mass is 9.96. The Morgan fingerprint density at radius 1 is 1.43 bits per heavy atom. The first-order valence-corrected chi connectivity index (χ1v) is 8.70. The number of hydrogen-bond acceptors (Lipinski definition) is 7. The fourth-order valence-corrected chi connectivity index (χ4v) is 3.54. The lowest BCUT2D eigenvalue weighted by Gasteiger charge is -2.22. The Labute approximate surface area is 138 Å². The monoisotopic (exact) mass is 336 g/mol. The van der Waals surface area contributed by atoms with Crippen LogP contribution in [-0.4, -0.2) is 36.5 Å². The second kappa shape index (κ2) is 7.12. The number of nitrogens with zero attached hydrogens (tertiary/aromatic N) is 5. The molecular weight excluding hydrogens is 316 g/mol. The SMILES string of the molecule is Cc1cc(NC(=O)C(C)Sc2nnnn2C2CCCCC2)no1. The third-order valence-corrected chi connectivity index (χ3v) is 4.96. The molecule has 1 unspecified atom stereocenters. The molecule has 9 heteroatoms. The lowest BCUT2D eigenvalue weighted by molar-refractivity contribution is -0.115. The first-order chi connectivity index (χ1) is 11.1. The van der Waals surface area contributed by atoms with Crippen molar-refractivity contribution in [2.75, 3.05) is 5.32 Å². The first-order valence-electron chi connectivity index (χ1n) is 7.82. The van der Waals surface area contributed by atoms with Crippen LogP contribution in [0.4, 0.5) is 5.82 Å². The van der Waals surface area contributed by atoms with Gasteiger partial charge < -0.3 is 9.84 Å². The van der Waals surface area contributed by atoms with Crippen LogP contribution in [0.15, 0.2) is 15.7 Å². The van der Waals surface area contributed by atoms with Crippen LogP contribution < -0.4 is 5.32 Å². The Balaban J connectivity index is 1.62. The van der Waals surface area contributed by atoms with E-state index >= 15 is 0 Å². The largest absolute Gasteiger partial charge is 0.360 e. The molecule has 2 aromatic rings. The molecule has 0 saturated heterocycles. The van der Waals surface area contributed by atoms with Gasteiger partial charge in [0.05, 0.1) is 11.3 Å². The Morgan fingerprint density at radius 2 is 2.22 bits per heavy atom. The number of anilines is 1. The van der Waals surface area contributed by atoms with Gasteiger partial charge in [-0.2, -0.15) is 0 Å². The molecule has 1 atom stereocenters. The van der Waals surface area contributed by atoms with Crippen LogP contribution in [0.2, 0.25) is 0 Å². The quantitative estimate of drug-likeness (QED) is 0.838. The van der Waals surface area contributed by atoms with E-state index < -0.39 is 0 Å². The number of aryl methyl sites for hydroxylation is 1. The zero-order chi connectivity index (χ0) is 16.2. The third kappa shape index (κ3) is 3.90. The maximum atomic E-state index is 12.2. The predicted octanol–water partition coefficient (Wildman–Crippen LogP) is 2.59. The number of tetrazole rings is 1. The third-order valence-electron chi connectivity index (χ3n) is 3.91. The van der Waals surface area contributed by atoms with Gasteiger partial charge in [0, 0.05) is 6.07 Å². The number of carbonyl (C=O) groups is 1. The van der Waals surface area contributed by atoms with E-state index in [0.29, 0.717) is 22.8 Å². The molecule has 1 aliphatic carbocycles. The van der Waals surface area contributed by atoms with Gasteiger partial charge in [-0.25, -0.2) is 4.68 Å². The smallest absolute Gasteiger partial charge is 0.238 e. The van der Waals surface area contributed by atoms with Gasteiger partial charge in [-0.1, -0.05) is 36.2 Å². The summed E-state index contributed by atoms with van der Waals surface area (Å²) in [5.41, 5.74) is 0. The Morgan fingerprint density at radius 3 is 2.91 bits per heavy atom. The number of amides is 1. The summed E-state index contributed by atoms with van der Waals surface area (Å²) in [7, 11) is 0. The van der Waals surface area contributed by atoms with Crippen molar-refractivity contribution < 1.29 is 9.32 Å². The fourth-order valence-electron chi connectivity index (χ4n) is 2.68. The lowest BCUT2D eigenvalue weighted by Crippen LogP contribution is -2.23. The summed E-state index contributed by atoms with van der Waals surface area (Å²) in [6.45, 7) is 3.60. The molecule has 23 heavy (non-hydrogen) atoms. The number of hydrogen-bond donors (Lipinski definition) is 1. The van der Waals surface area contributed by atoms with Crippen molar-refractivity contribution >= 4 is 23.5 Å². The van der Waals surface area contributed by atoms with Crippen LogP contribution >= 0.6 is 11.8 Å². The zero-order valence-electron chi connectivity index (χ0n) is 13.2. The van der Waals surface area contributed by atoms with Crippen molar-refractivity contribution in [2.45, 2.75) is 62.4 Å². The van der Waals surface area contributed by atoms with E-state index in [0.717, 1.165) is 12.8 Å². The molecule has 1 saturated carbocycles. The van der Waals surface area contributed by atoms with E-state index in [1.807, 2.05) is 11.6 Å². The summed E-state index contributed by atoms with van der Waals surface area (Å²) in [5.74, 6) is 0.926. The molecule has 1 fully saturated rings. The van der Waals surface area contributed by atoms with Gasteiger partial charge in [0.25, 0.3) is 0 Å². The van der Waals surface area contributed by atoms with Crippen LogP contribution in [0.3, 0.4) is 0 Å². The van der Waals surface area contributed by atoms with Gasteiger partial charge in [-0.3, -0.25) is 4.79 Å². The highest BCUT2D eigenvalue weighted by atomic mass is 32.2. The standard InChI is InChI=1S/C14H20N6O2S/c1-9-8-12(17-22-9)15-13(21)10(2)23-14-16-18-19-20(14)11-6-4-3-5-7-11/h8,10-11H,3-7H2,1-2H3,(H,15,17,21). The molecule has 1 aliphatic rings. The Hall–Kier alpha value is -1.90. The molecule has 1 N–H and O–H groups in total. The van der Waals surface area contributed by atoms with E-state index in [1.165, 1.54) is 31.0 Å². The summed E-state index contributed by atoms with van der Waals surface area (Å²) < 4.78 is 6.81. The van der Waals surface area contributed by atoms with Gasteiger partial charge >= 0.3 is 0 Å². The topological polar surface area (TPSA) is 98.7 Å². The molecule has 2 aromatic heterocycles. The molecule has 8 nitrogen and oxygen atoms in total. The summed E-state index contributed by atoms with van der Waals surface area (Å²) in [6, 6.07) is 2.02. The van der Waals surface area contributed by atoms with Crippen molar-refractivity contribution in [2.24, 2.45) is 0 Å². The van der Waals surface area contributed by atoms with Crippen LogP contribution in [0.1, 0.15) is 50.8 Å². The van der Waals surface area contributed by atoms with Crippen molar-refractivity contribution in [3.8, 4) is 0 Å². The summed E-state index contributed by atoms with van der Waals surface area (Å²) in [4.78, 5) is 12.2. The molecule has 1 amide bonds. The van der Waals surface area contributed by atoms with Gasteiger partial charge in [0.1, 0.15) is 5.76 Å². The van der Waals surface area contributed by atoms with E-state index in [1.54, 1.807) is 13.0 Å². The first kappa shape index (κ1) is 16.0. The maximum absolute atomic E-state index is 12.2. The van der Waals surface area contributed by atoms with E-state index in [4.69, 9.17) is 4.52 Å². The molecule has 3 rings (SSSR count). The molecule has 0 bridgehead atoms. The highest BCUT2D eigenvalue weighted by molar-refractivity contribution is 8.00. The number of nitrogens with one attached hydrogen (secondary N) is 1. The summed E-state index contributed by atoms with van der Waals surface area (Å²) in [6.07, 6.45) is 5.87. The minimum Gasteiger partial charge on any atom is -0.360 e. The van der Waals surface area contributed by atoms with Crippen molar-refractivity contribution in [1.82, 2.24) is 25.4 Å². The van der Waals surface area contributed by atoms with Crippen LogP contribution in [-0.2, 0) is 4.79 Å². The maximum Gasteiger partial charge on any atom is 0.238 e. The van der Waals surface area contributed by atoms with Crippen LogP contribution in [0.25, 0.3) is 0 Å². The molecular formula is C14H20N6O2S. The number of aromatic nitrogens is 5. The summed E-state index contributed by atoms with van der Waals surface area (Å²) in [5, 5.41) is 18.8. The second-order valence-electron chi connectivity index (χ2n) is 5.77. The number of carbonyl (C=O) groups excluding carboxylic acids is 1. The Bertz CT molecular complexity index is 664. The minimum atomic E-state index is -0.333. The molecule has 0 aliphatic heterocycles. The number of rotatable bonds is 5. The van der Waals surface area contributed by atoms with Gasteiger partial charge in [0.15, 0.2) is 5.82 Å². The normalized spacial score (nSPS) is 17.1. The van der Waals surface area contributed by atoms with Gasteiger partial charge in [-0.15, -0.1) is 5.10 Å².